The zero-order valence-corrected chi connectivity index (χ0v) is 9.08. The van der Waals surface area contributed by atoms with Crippen molar-refractivity contribution in [2.45, 2.75) is 57.2 Å². The van der Waals surface area contributed by atoms with Crippen molar-refractivity contribution in [3.8, 4) is 6.07 Å². The Bertz CT molecular complexity index is 266. The number of nitrogens with zero attached hydrogens (tertiary/aromatic N) is 1. The standard InChI is InChI=1S/C12H19NO2/c13-8-7-11(9-10-1-2-10)3-5-12(14,15)6-4-11/h10,14-15H,1-7,9H2. The molecule has 0 radical (unpaired) electrons. The summed E-state index contributed by atoms with van der Waals surface area (Å²) in [7, 11) is 0. The first-order valence-corrected chi connectivity index (χ1v) is 5.87. The molecule has 0 amide bonds. The van der Waals surface area contributed by atoms with Crippen LogP contribution in [0.3, 0.4) is 0 Å². The fourth-order valence-electron chi connectivity index (χ4n) is 2.74. The lowest BCUT2D eigenvalue weighted by molar-refractivity contribution is -0.196. The summed E-state index contributed by atoms with van der Waals surface area (Å²) in [6.07, 6.45) is 6.76. The zero-order chi connectivity index (χ0) is 10.9. The van der Waals surface area contributed by atoms with Crippen LogP contribution < -0.4 is 0 Å². The largest absolute Gasteiger partial charge is 0.366 e. The Kier molecular flexibility index (Phi) is 2.74. The summed E-state index contributed by atoms with van der Waals surface area (Å²) < 4.78 is 0. The lowest BCUT2D eigenvalue weighted by Crippen LogP contribution is -2.39. The Balaban J connectivity index is 1.98. The third kappa shape index (κ3) is 2.70. The highest BCUT2D eigenvalue weighted by Gasteiger charge is 2.43. The second kappa shape index (κ2) is 3.77. The average molecular weight is 209 g/mol. The molecule has 2 saturated carbocycles. The quantitative estimate of drug-likeness (QED) is 0.698. The van der Waals surface area contributed by atoms with Crippen molar-refractivity contribution in [2.24, 2.45) is 11.3 Å². The van der Waals surface area contributed by atoms with E-state index in [0.717, 1.165) is 25.2 Å². The Labute approximate surface area is 90.7 Å². The van der Waals surface area contributed by atoms with E-state index < -0.39 is 5.79 Å². The van der Waals surface area contributed by atoms with Gasteiger partial charge in [0.2, 0.25) is 0 Å². The van der Waals surface area contributed by atoms with E-state index in [-0.39, 0.29) is 5.41 Å². The average Bonchev–Trinajstić information content (AvgIpc) is 2.95. The summed E-state index contributed by atoms with van der Waals surface area (Å²) in [6, 6.07) is 2.28. The van der Waals surface area contributed by atoms with Crippen molar-refractivity contribution in [1.29, 1.82) is 5.26 Å². The van der Waals surface area contributed by atoms with Gasteiger partial charge in [-0.25, -0.2) is 0 Å². The van der Waals surface area contributed by atoms with Gasteiger partial charge in [-0.2, -0.15) is 5.26 Å². The third-order valence-electron chi connectivity index (χ3n) is 3.98. The highest BCUT2D eigenvalue weighted by Crippen LogP contribution is 2.50. The molecule has 0 atom stereocenters. The molecule has 0 aromatic carbocycles. The lowest BCUT2D eigenvalue weighted by atomic mass is 9.67. The SMILES string of the molecule is N#CCC1(CC2CC2)CCC(O)(O)CC1. The molecule has 2 aliphatic carbocycles. The first-order valence-electron chi connectivity index (χ1n) is 5.87. The van der Waals surface area contributed by atoms with Crippen molar-refractivity contribution in [2.75, 3.05) is 0 Å². The van der Waals surface area contributed by atoms with Crippen LogP contribution in [0.5, 0.6) is 0 Å². The topological polar surface area (TPSA) is 64.2 Å². The Morgan fingerprint density at radius 3 is 2.20 bits per heavy atom. The Morgan fingerprint density at radius 2 is 1.73 bits per heavy atom. The minimum absolute atomic E-state index is 0.0882. The van der Waals surface area contributed by atoms with Crippen LogP contribution in [0.15, 0.2) is 0 Å². The first kappa shape index (κ1) is 10.9. The minimum Gasteiger partial charge on any atom is -0.366 e. The van der Waals surface area contributed by atoms with E-state index in [0.29, 0.717) is 19.3 Å². The molecule has 0 aromatic heterocycles. The van der Waals surface area contributed by atoms with E-state index in [1.54, 1.807) is 0 Å². The van der Waals surface area contributed by atoms with E-state index in [1.807, 2.05) is 0 Å². The number of aliphatic hydroxyl groups is 2. The number of hydrogen-bond donors (Lipinski definition) is 2. The molecule has 2 N–H and O–H groups in total. The zero-order valence-electron chi connectivity index (χ0n) is 9.08. The first-order chi connectivity index (χ1) is 7.05. The van der Waals surface area contributed by atoms with Gasteiger partial charge in [0.05, 0.1) is 6.07 Å². The number of rotatable bonds is 3. The van der Waals surface area contributed by atoms with Gasteiger partial charge in [-0.3, -0.25) is 0 Å². The van der Waals surface area contributed by atoms with Crippen molar-refractivity contribution in [3.05, 3.63) is 0 Å². The van der Waals surface area contributed by atoms with Crippen molar-refractivity contribution in [1.82, 2.24) is 0 Å². The minimum atomic E-state index is -1.47. The van der Waals surface area contributed by atoms with Gasteiger partial charge in [-0.05, 0) is 30.6 Å². The molecule has 84 valence electrons. The molecule has 0 aliphatic heterocycles. The molecule has 2 aliphatic rings. The van der Waals surface area contributed by atoms with E-state index >= 15 is 0 Å². The smallest absolute Gasteiger partial charge is 0.162 e. The fraction of sp³-hybridized carbons (Fsp3) is 0.917. The van der Waals surface area contributed by atoms with Gasteiger partial charge in [-0.1, -0.05) is 12.8 Å². The molecule has 2 fully saturated rings. The van der Waals surface area contributed by atoms with Gasteiger partial charge in [-0.15, -0.1) is 0 Å². The van der Waals surface area contributed by atoms with Crippen LogP contribution in [0.4, 0.5) is 0 Å². The predicted molar refractivity (Wildman–Crippen MR) is 55.6 cm³/mol. The summed E-state index contributed by atoms with van der Waals surface area (Å²) in [5.74, 6) is -0.661. The molecular weight excluding hydrogens is 190 g/mol. The molecule has 0 bridgehead atoms. The predicted octanol–water partition coefficient (Wildman–Crippen LogP) is 1.94. The molecule has 3 heteroatoms. The third-order valence-corrected chi connectivity index (χ3v) is 3.98. The van der Waals surface area contributed by atoms with E-state index in [1.165, 1.54) is 12.8 Å². The van der Waals surface area contributed by atoms with E-state index in [4.69, 9.17) is 5.26 Å². The van der Waals surface area contributed by atoms with Crippen molar-refractivity contribution < 1.29 is 10.2 Å². The summed E-state index contributed by atoms with van der Waals surface area (Å²) in [4.78, 5) is 0. The maximum absolute atomic E-state index is 9.50. The van der Waals surface area contributed by atoms with Crippen LogP contribution in [0.1, 0.15) is 51.4 Å². The van der Waals surface area contributed by atoms with Crippen LogP contribution in [0.25, 0.3) is 0 Å². The van der Waals surface area contributed by atoms with Gasteiger partial charge >= 0.3 is 0 Å². The van der Waals surface area contributed by atoms with Gasteiger partial charge < -0.3 is 10.2 Å². The van der Waals surface area contributed by atoms with Gasteiger partial charge in [0.25, 0.3) is 0 Å². The summed E-state index contributed by atoms with van der Waals surface area (Å²) in [5, 5.41) is 27.9. The van der Waals surface area contributed by atoms with Crippen LogP contribution in [0.2, 0.25) is 0 Å². The maximum Gasteiger partial charge on any atom is 0.162 e. The van der Waals surface area contributed by atoms with Crippen LogP contribution in [0, 0.1) is 22.7 Å². The van der Waals surface area contributed by atoms with E-state index in [9.17, 15) is 10.2 Å². The second-order valence-electron chi connectivity index (χ2n) is 5.46. The Morgan fingerprint density at radius 1 is 1.13 bits per heavy atom. The molecule has 3 nitrogen and oxygen atoms in total. The lowest BCUT2D eigenvalue weighted by Gasteiger charge is -2.41. The second-order valence-corrected chi connectivity index (χ2v) is 5.46. The van der Waals surface area contributed by atoms with E-state index in [2.05, 4.69) is 6.07 Å². The van der Waals surface area contributed by atoms with Crippen LogP contribution in [-0.2, 0) is 0 Å². The van der Waals surface area contributed by atoms with Gasteiger partial charge in [0.15, 0.2) is 5.79 Å². The maximum atomic E-state index is 9.50. The molecule has 0 saturated heterocycles. The molecule has 0 unspecified atom stereocenters. The molecule has 15 heavy (non-hydrogen) atoms. The fourth-order valence-corrected chi connectivity index (χ4v) is 2.74. The summed E-state index contributed by atoms with van der Waals surface area (Å²) in [6.45, 7) is 0. The molecule has 2 rings (SSSR count). The molecule has 0 spiro atoms. The summed E-state index contributed by atoms with van der Waals surface area (Å²) >= 11 is 0. The highest BCUT2D eigenvalue weighted by atomic mass is 16.5. The number of nitriles is 1. The molecule has 0 aromatic rings. The van der Waals surface area contributed by atoms with Crippen LogP contribution in [-0.4, -0.2) is 16.0 Å². The molecule has 0 heterocycles. The van der Waals surface area contributed by atoms with Crippen molar-refractivity contribution >= 4 is 0 Å². The number of hydrogen-bond acceptors (Lipinski definition) is 3. The monoisotopic (exact) mass is 209 g/mol. The molecular formula is C12H19NO2. The normalized spacial score (nSPS) is 28.3. The Hall–Kier alpha value is -0.590. The van der Waals surface area contributed by atoms with Crippen LogP contribution >= 0.6 is 0 Å². The highest BCUT2D eigenvalue weighted by molar-refractivity contribution is 4.97. The van der Waals surface area contributed by atoms with Gasteiger partial charge in [0, 0.05) is 19.3 Å². The van der Waals surface area contributed by atoms with Gasteiger partial charge in [0.1, 0.15) is 0 Å². The van der Waals surface area contributed by atoms with Crippen molar-refractivity contribution in [3.63, 3.8) is 0 Å². The summed E-state index contributed by atoms with van der Waals surface area (Å²) in [5.41, 5.74) is 0.0882.